The summed E-state index contributed by atoms with van der Waals surface area (Å²) in [6.45, 7) is 11.5. The van der Waals surface area contributed by atoms with Crippen molar-refractivity contribution in [2.75, 3.05) is 0 Å². The van der Waals surface area contributed by atoms with E-state index in [9.17, 15) is 4.79 Å². The maximum Gasteiger partial charge on any atom is 0.338 e. The molecular formula is C16H23BrO3. The number of carbonyl (C=O) groups is 1. The van der Waals surface area contributed by atoms with Crippen LogP contribution in [-0.4, -0.2) is 17.2 Å². The molecule has 1 aromatic carbocycles. The Labute approximate surface area is 129 Å². The molecule has 0 unspecified atom stereocenters. The molecule has 0 fully saturated rings. The molecule has 20 heavy (non-hydrogen) atoms. The Balaban J connectivity index is 3.02. The molecule has 0 saturated carbocycles. The highest BCUT2D eigenvalue weighted by Crippen LogP contribution is 2.25. The summed E-state index contributed by atoms with van der Waals surface area (Å²) in [5, 5.41) is 0.572. The van der Waals surface area contributed by atoms with Crippen LogP contribution >= 0.6 is 15.9 Å². The van der Waals surface area contributed by atoms with Gasteiger partial charge in [-0.2, -0.15) is 0 Å². The number of ether oxygens (including phenoxy) is 2. The van der Waals surface area contributed by atoms with Crippen LogP contribution in [0.4, 0.5) is 0 Å². The van der Waals surface area contributed by atoms with Gasteiger partial charge in [0.15, 0.2) is 0 Å². The zero-order chi connectivity index (χ0) is 15.6. The van der Waals surface area contributed by atoms with Crippen LogP contribution in [0.5, 0.6) is 5.75 Å². The average molecular weight is 343 g/mol. The number of esters is 1. The van der Waals surface area contributed by atoms with Gasteiger partial charge in [-0.25, -0.2) is 4.79 Å². The van der Waals surface area contributed by atoms with Crippen LogP contribution in [0.15, 0.2) is 18.2 Å². The van der Waals surface area contributed by atoms with Gasteiger partial charge in [0, 0.05) is 5.33 Å². The highest BCUT2D eigenvalue weighted by atomic mass is 79.9. The van der Waals surface area contributed by atoms with Crippen molar-refractivity contribution in [1.82, 2.24) is 0 Å². The minimum absolute atomic E-state index is 0.267. The number of hydrogen-bond donors (Lipinski definition) is 0. The summed E-state index contributed by atoms with van der Waals surface area (Å²) < 4.78 is 11.2. The maximum absolute atomic E-state index is 12.2. The quantitative estimate of drug-likeness (QED) is 0.589. The molecule has 4 heteroatoms. The summed E-state index contributed by atoms with van der Waals surface area (Å²) in [4.78, 5) is 12.2. The maximum atomic E-state index is 12.2. The number of rotatable bonds is 3. The Morgan fingerprint density at radius 3 is 2.15 bits per heavy atom. The van der Waals surface area contributed by atoms with Crippen LogP contribution in [0.2, 0.25) is 0 Å². The molecule has 0 heterocycles. The van der Waals surface area contributed by atoms with Crippen LogP contribution in [-0.2, 0) is 10.1 Å². The van der Waals surface area contributed by atoms with E-state index in [1.165, 1.54) is 0 Å². The molecule has 0 aliphatic heterocycles. The Kier molecular flexibility index (Phi) is 5.25. The first-order valence-electron chi connectivity index (χ1n) is 6.63. The molecule has 0 N–H and O–H groups in total. The second kappa shape index (κ2) is 6.17. The molecular weight excluding hydrogens is 320 g/mol. The van der Waals surface area contributed by atoms with Gasteiger partial charge in [0.2, 0.25) is 0 Å². The predicted molar refractivity (Wildman–Crippen MR) is 84.6 cm³/mol. The van der Waals surface area contributed by atoms with Crippen LogP contribution in [0.1, 0.15) is 57.5 Å². The lowest BCUT2D eigenvalue weighted by Crippen LogP contribution is -2.25. The Morgan fingerprint density at radius 1 is 1.10 bits per heavy atom. The molecule has 0 radical (unpaired) electrons. The number of carbonyl (C=O) groups excluding carboxylic acids is 1. The van der Waals surface area contributed by atoms with E-state index < -0.39 is 5.60 Å². The lowest BCUT2D eigenvalue weighted by atomic mass is 10.1. The fraction of sp³-hybridized carbons (Fsp3) is 0.562. The Morgan fingerprint density at radius 2 is 1.70 bits per heavy atom. The normalized spacial score (nSPS) is 12.2. The Hall–Kier alpha value is -1.03. The summed E-state index contributed by atoms with van der Waals surface area (Å²) >= 11 is 3.41. The molecule has 0 bridgehead atoms. The van der Waals surface area contributed by atoms with Gasteiger partial charge >= 0.3 is 5.97 Å². The summed E-state index contributed by atoms with van der Waals surface area (Å²) in [6, 6.07) is 5.43. The van der Waals surface area contributed by atoms with E-state index in [2.05, 4.69) is 15.9 Å². The van der Waals surface area contributed by atoms with E-state index in [4.69, 9.17) is 9.47 Å². The summed E-state index contributed by atoms with van der Waals surface area (Å²) in [5.41, 5.74) is 0.664. The van der Waals surface area contributed by atoms with Crippen molar-refractivity contribution in [2.45, 2.75) is 58.1 Å². The zero-order valence-corrected chi connectivity index (χ0v) is 14.6. The summed E-state index contributed by atoms with van der Waals surface area (Å²) in [6.07, 6.45) is 0. The van der Waals surface area contributed by atoms with Crippen molar-refractivity contribution in [3.8, 4) is 5.75 Å². The topological polar surface area (TPSA) is 35.5 Å². The van der Waals surface area contributed by atoms with Gasteiger partial charge in [-0.3, -0.25) is 0 Å². The van der Waals surface area contributed by atoms with Crippen LogP contribution < -0.4 is 4.74 Å². The lowest BCUT2D eigenvalue weighted by Gasteiger charge is -2.23. The van der Waals surface area contributed by atoms with E-state index in [1.54, 1.807) is 12.1 Å². The molecule has 0 saturated heterocycles. The van der Waals surface area contributed by atoms with Gasteiger partial charge in [0.25, 0.3) is 0 Å². The van der Waals surface area contributed by atoms with E-state index in [0.717, 1.165) is 11.3 Å². The van der Waals surface area contributed by atoms with Crippen molar-refractivity contribution >= 4 is 21.9 Å². The van der Waals surface area contributed by atoms with E-state index in [0.29, 0.717) is 10.9 Å². The van der Waals surface area contributed by atoms with E-state index in [1.807, 2.05) is 47.6 Å². The molecule has 3 nitrogen and oxygen atoms in total. The second-order valence-corrected chi connectivity index (χ2v) is 7.23. The zero-order valence-electron chi connectivity index (χ0n) is 13.0. The SMILES string of the molecule is CC(C)(C)OC(=O)c1ccc(OC(C)(C)C)cc1CBr. The third-order valence-corrected chi connectivity index (χ3v) is 2.87. The van der Waals surface area contributed by atoms with Crippen molar-refractivity contribution in [3.05, 3.63) is 29.3 Å². The van der Waals surface area contributed by atoms with E-state index in [-0.39, 0.29) is 11.6 Å². The van der Waals surface area contributed by atoms with Crippen LogP contribution in [0, 0.1) is 0 Å². The number of hydrogen-bond acceptors (Lipinski definition) is 3. The van der Waals surface area contributed by atoms with Crippen molar-refractivity contribution in [1.29, 1.82) is 0 Å². The summed E-state index contributed by atoms with van der Waals surface area (Å²) in [7, 11) is 0. The van der Waals surface area contributed by atoms with Crippen molar-refractivity contribution in [2.24, 2.45) is 0 Å². The van der Waals surface area contributed by atoms with Crippen molar-refractivity contribution < 1.29 is 14.3 Å². The molecule has 1 rings (SSSR count). The molecule has 112 valence electrons. The molecule has 0 spiro atoms. The third-order valence-electron chi connectivity index (χ3n) is 2.26. The molecule has 0 atom stereocenters. The largest absolute Gasteiger partial charge is 0.488 e. The fourth-order valence-corrected chi connectivity index (χ4v) is 2.09. The predicted octanol–water partition coefficient (Wildman–Crippen LogP) is 4.71. The summed E-state index contributed by atoms with van der Waals surface area (Å²) in [5.74, 6) is 0.438. The molecule has 0 amide bonds. The standard InChI is InChI=1S/C16H23BrO3/c1-15(2,3)19-12-7-8-13(11(9-12)10-17)14(18)20-16(4,5)6/h7-9H,10H2,1-6H3. The number of halogens is 1. The number of benzene rings is 1. The smallest absolute Gasteiger partial charge is 0.338 e. The second-order valence-electron chi connectivity index (χ2n) is 6.67. The monoisotopic (exact) mass is 342 g/mol. The van der Waals surface area contributed by atoms with Crippen LogP contribution in [0.3, 0.4) is 0 Å². The van der Waals surface area contributed by atoms with Gasteiger partial charge < -0.3 is 9.47 Å². The first-order chi connectivity index (χ1) is 9.02. The van der Waals surface area contributed by atoms with Gasteiger partial charge in [0.1, 0.15) is 17.0 Å². The van der Waals surface area contributed by atoms with Gasteiger partial charge in [-0.1, -0.05) is 15.9 Å². The minimum Gasteiger partial charge on any atom is -0.488 e. The highest BCUT2D eigenvalue weighted by molar-refractivity contribution is 9.08. The van der Waals surface area contributed by atoms with Gasteiger partial charge in [0.05, 0.1) is 5.56 Å². The molecule has 0 aliphatic carbocycles. The fourth-order valence-electron chi connectivity index (χ4n) is 1.63. The number of alkyl halides is 1. The average Bonchev–Trinajstić information content (AvgIpc) is 2.24. The minimum atomic E-state index is -0.499. The lowest BCUT2D eigenvalue weighted by molar-refractivity contribution is 0.00687. The van der Waals surface area contributed by atoms with Gasteiger partial charge in [-0.05, 0) is 65.3 Å². The van der Waals surface area contributed by atoms with E-state index >= 15 is 0 Å². The van der Waals surface area contributed by atoms with Gasteiger partial charge in [-0.15, -0.1) is 0 Å². The third kappa shape index (κ3) is 5.53. The molecule has 1 aromatic rings. The van der Waals surface area contributed by atoms with Crippen LogP contribution in [0.25, 0.3) is 0 Å². The molecule has 0 aliphatic rings. The first kappa shape index (κ1) is 17.0. The Bertz CT molecular complexity index is 481. The molecule has 0 aromatic heterocycles. The first-order valence-corrected chi connectivity index (χ1v) is 7.75. The highest BCUT2D eigenvalue weighted by Gasteiger charge is 2.21. The van der Waals surface area contributed by atoms with Crippen molar-refractivity contribution in [3.63, 3.8) is 0 Å².